The van der Waals surface area contributed by atoms with Crippen LogP contribution in [0.1, 0.15) is 219 Å². The van der Waals surface area contributed by atoms with Crippen LogP contribution in [0.5, 0.6) is 0 Å². The smallest absolute Gasteiger partial charge is 0.306 e. The number of hydrogen-bond acceptors (Lipinski definition) is 15. The van der Waals surface area contributed by atoms with Crippen molar-refractivity contribution < 1.29 is 74.1 Å². The lowest BCUT2D eigenvalue weighted by Gasteiger charge is -2.42. The minimum atomic E-state index is -1.74. The molecule has 2 aliphatic heterocycles. The van der Waals surface area contributed by atoms with Crippen LogP contribution in [0.15, 0.2) is 0 Å². The first-order chi connectivity index (χ1) is 32.0. The van der Waals surface area contributed by atoms with Gasteiger partial charge in [0.25, 0.3) is 0 Å². The molecular formula is C51H98O15. The summed E-state index contributed by atoms with van der Waals surface area (Å²) in [5.74, 6) is -0.454. The van der Waals surface area contributed by atoms with E-state index >= 15 is 0 Å². The maximum Gasteiger partial charge on any atom is 0.306 e. The third-order valence-corrected chi connectivity index (χ3v) is 13.2. The first-order valence-electron chi connectivity index (χ1n) is 26.8. The molecule has 0 aromatic carbocycles. The molecule has 2 rings (SSSR count). The minimum absolute atomic E-state index is 0.192. The molecule has 1 unspecified atom stereocenters. The highest BCUT2D eigenvalue weighted by atomic mass is 16.7. The second-order valence-corrected chi connectivity index (χ2v) is 19.2. The summed E-state index contributed by atoms with van der Waals surface area (Å²) in [7, 11) is 0. The highest BCUT2D eigenvalue weighted by Crippen LogP contribution is 2.27. The molecule has 392 valence electrons. The lowest BCUT2D eigenvalue weighted by atomic mass is 9.98. The number of rotatable bonds is 43. The van der Waals surface area contributed by atoms with Gasteiger partial charge in [0, 0.05) is 6.42 Å². The van der Waals surface area contributed by atoms with Gasteiger partial charge in [-0.15, -0.1) is 0 Å². The van der Waals surface area contributed by atoms with Crippen molar-refractivity contribution in [2.75, 3.05) is 26.4 Å². The topological polar surface area (TPSA) is 234 Å². The summed E-state index contributed by atoms with van der Waals surface area (Å²) in [4.78, 5) is 13.0. The van der Waals surface area contributed by atoms with E-state index in [4.69, 9.17) is 28.4 Å². The number of ether oxygens (including phenoxy) is 6. The average molecular weight is 951 g/mol. The number of hydrogen-bond donors (Lipinski definition) is 8. The van der Waals surface area contributed by atoms with Crippen LogP contribution in [-0.2, 0) is 33.2 Å². The quantitative estimate of drug-likeness (QED) is 0.0169. The molecule has 0 aliphatic carbocycles. The van der Waals surface area contributed by atoms with Gasteiger partial charge in [-0.1, -0.05) is 194 Å². The Kier molecular flexibility index (Phi) is 36.7. The van der Waals surface area contributed by atoms with Gasteiger partial charge in [-0.3, -0.25) is 4.79 Å². The van der Waals surface area contributed by atoms with Crippen molar-refractivity contribution in [3.63, 3.8) is 0 Å². The number of carbonyl (C=O) groups is 1. The molecule has 0 amide bonds. The fraction of sp³-hybridized carbons (Fsp3) is 0.980. The molecule has 12 atom stereocenters. The van der Waals surface area contributed by atoms with E-state index < -0.39 is 93.0 Å². The van der Waals surface area contributed by atoms with E-state index in [0.717, 1.165) is 38.5 Å². The van der Waals surface area contributed by atoms with Crippen LogP contribution >= 0.6 is 0 Å². The summed E-state index contributed by atoms with van der Waals surface area (Å²) in [5, 5.41) is 82.8. The van der Waals surface area contributed by atoms with Crippen molar-refractivity contribution in [2.24, 2.45) is 0 Å². The summed E-state index contributed by atoms with van der Waals surface area (Å²) >= 11 is 0. The lowest BCUT2D eigenvalue weighted by Crippen LogP contribution is -2.61. The molecule has 2 fully saturated rings. The molecule has 0 radical (unpaired) electrons. The van der Waals surface area contributed by atoms with Crippen LogP contribution < -0.4 is 0 Å². The SMILES string of the molecule is CCCCCCCCCCCCCCCCCC(=O)O[C@H](COC(O)CCCCCCCCCCCCCCCCC)CO[C@@H]1O[C@H](CO[C@H]2O[C@H](CO)[C@H](O)[C@H](O)[C@H]2O)[C@H](O)[C@H](O)[C@H]1O. The van der Waals surface area contributed by atoms with Crippen LogP contribution in [-0.4, -0.2) is 147 Å². The fourth-order valence-electron chi connectivity index (χ4n) is 8.78. The number of carbonyl (C=O) groups excluding carboxylic acids is 1. The molecule has 15 heteroatoms. The zero-order valence-electron chi connectivity index (χ0n) is 41.3. The number of aliphatic hydroxyl groups is 8. The van der Waals surface area contributed by atoms with Crippen molar-refractivity contribution in [1.29, 1.82) is 0 Å². The summed E-state index contributed by atoms with van der Waals surface area (Å²) in [6.45, 7) is 2.79. The Balaban J connectivity index is 1.79. The first-order valence-corrected chi connectivity index (χ1v) is 26.8. The Hall–Kier alpha value is -1.05. The zero-order chi connectivity index (χ0) is 48.2. The van der Waals surface area contributed by atoms with E-state index in [2.05, 4.69) is 13.8 Å². The standard InChI is InChI=1S/C51H98O15/c1-3-5-7-9-11-13-15-17-19-21-23-25-27-29-31-33-42(53)61-36-39(64-43(54)34-32-30-28-26-24-22-20-18-16-14-12-10-8-6-4-2)37-62-50-49(60)47(58)45(56)41(66-50)38-63-51-48(59)46(57)44(55)40(35-52)65-51/h39-42,44-53,55-60H,3-38H2,1-2H3/t39-,40-,41-,42?,44+,45+,46+,47+,48-,49-,50-,51+/m1/s1. The van der Waals surface area contributed by atoms with Crippen molar-refractivity contribution in [2.45, 2.75) is 293 Å². The fourth-order valence-corrected chi connectivity index (χ4v) is 8.78. The minimum Gasteiger partial charge on any atom is -0.457 e. The summed E-state index contributed by atoms with van der Waals surface area (Å²) in [6, 6.07) is 0. The van der Waals surface area contributed by atoms with E-state index in [1.807, 2.05) is 0 Å². The molecular weight excluding hydrogens is 853 g/mol. The summed E-state index contributed by atoms with van der Waals surface area (Å²) in [5.41, 5.74) is 0. The Morgan fingerprint density at radius 2 is 0.848 bits per heavy atom. The predicted octanol–water partition coefficient (Wildman–Crippen LogP) is 7.40. The number of aliphatic hydroxyl groups excluding tert-OH is 8. The Labute approximate surface area is 398 Å². The van der Waals surface area contributed by atoms with Gasteiger partial charge in [0.1, 0.15) is 54.9 Å². The van der Waals surface area contributed by atoms with E-state index in [1.54, 1.807) is 0 Å². The zero-order valence-corrected chi connectivity index (χ0v) is 41.3. The molecule has 8 N–H and O–H groups in total. The van der Waals surface area contributed by atoms with Gasteiger partial charge in [0.2, 0.25) is 0 Å². The van der Waals surface area contributed by atoms with Crippen LogP contribution in [0.2, 0.25) is 0 Å². The van der Waals surface area contributed by atoms with Crippen LogP contribution in [0.25, 0.3) is 0 Å². The highest BCUT2D eigenvalue weighted by Gasteiger charge is 2.47. The maximum absolute atomic E-state index is 13.0. The van der Waals surface area contributed by atoms with E-state index in [1.165, 1.54) is 148 Å². The van der Waals surface area contributed by atoms with Gasteiger partial charge in [-0.2, -0.15) is 0 Å². The van der Waals surface area contributed by atoms with Crippen LogP contribution in [0.3, 0.4) is 0 Å². The van der Waals surface area contributed by atoms with Gasteiger partial charge < -0.3 is 69.3 Å². The molecule has 0 saturated carbocycles. The lowest BCUT2D eigenvalue weighted by molar-refractivity contribution is -0.333. The molecule has 15 nitrogen and oxygen atoms in total. The average Bonchev–Trinajstić information content (AvgIpc) is 3.31. The van der Waals surface area contributed by atoms with Crippen LogP contribution in [0, 0.1) is 0 Å². The Morgan fingerprint density at radius 3 is 1.29 bits per heavy atom. The molecule has 2 heterocycles. The molecule has 2 aliphatic rings. The van der Waals surface area contributed by atoms with Crippen molar-refractivity contribution in [3.8, 4) is 0 Å². The van der Waals surface area contributed by atoms with Crippen LogP contribution in [0.4, 0.5) is 0 Å². The second kappa shape index (κ2) is 39.6. The third-order valence-electron chi connectivity index (χ3n) is 13.2. The van der Waals surface area contributed by atoms with Crippen molar-refractivity contribution in [1.82, 2.24) is 0 Å². The largest absolute Gasteiger partial charge is 0.457 e. The monoisotopic (exact) mass is 951 g/mol. The van der Waals surface area contributed by atoms with Gasteiger partial charge in [0.05, 0.1) is 26.4 Å². The normalized spacial score (nSPS) is 26.7. The second-order valence-electron chi connectivity index (χ2n) is 19.2. The maximum atomic E-state index is 13.0. The highest BCUT2D eigenvalue weighted by molar-refractivity contribution is 5.69. The molecule has 0 bridgehead atoms. The molecule has 0 aromatic heterocycles. The van der Waals surface area contributed by atoms with Gasteiger partial charge in [0.15, 0.2) is 18.9 Å². The summed E-state index contributed by atoms with van der Waals surface area (Å²) in [6.07, 6.45) is 19.6. The van der Waals surface area contributed by atoms with E-state index in [9.17, 15) is 45.6 Å². The molecule has 0 aromatic rings. The van der Waals surface area contributed by atoms with E-state index in [0.29, 0.717) is 12.8 Å². The van der Waals surface area contributed by atoms with Gasteiger partial charge >= 0.3 is 5.97 Å². The van der Waals surface area contributed by atoms with Gasteiger partial charge in [-0.25, -0.2) is 0 Å². The molecule has 0 spiro atoms. The summed E-state index contributed by atoms with van der Waals surface area (Å²) < 4.78 is 33.9. The van der Waals surface area contributed by atoms with Gasteiger partial charge in [-0.05, 0) is 19.3 Å². The number of esters is 1. The Bertz CT molecular complexity index is 1120. The van der Waals surface area contributed by atoms with Crippen molar-refractivity contribution >= 4 is 5.97 Å². The predicted molar refractivity (Wildman–Crippen MR) is 253 cm³/mol. The van der Waals surface area contributed by atoms with E-state index in [-0.39, 0.29) is 19.6 Å². The van der Waals surface area contributed by atoms with Crippen molar-refractivity contribution in [3.05, 3.63) is 0 Å². The number of unbranched alkanes of at least 4 members (excludes halogenated alkanes) is 28. The Morgan fingerprint density at radius 1 is 0.470 bits per heavy atom. The molecule has 66 heavy (non-hydrogen) atoms. The molecule has 2 saturated heterocycles. The third kappa shape index (κ3) is 27.4. The first kappa shape index (κ1) is 61.1.